The topological polar surface area (TPSA) is 59.1 Å². The monoisotopic (exact) mass is 362 g/mol. The predicted molar refractivity (Wildman–Crippen MR) is 104 cm³/mol. The second-order valence-electron chi connectivity index (χ2n) is 8.46. The van der Waals surface area contributed by atoms with Crippen molar-refractivity contribution in [3.05, 3.63) is 35.5 Å². The van der Waals surface area contributed by atoms with Crippen LogP contribution < -0.4 is 0 Å². The molecular formula is C22H34O4. The normalized spacial score (nSPS) is 41.1. The number of esters is 1. The molecule has 1 saturated heterocycles. The van der Waals surface area contributed by atoms with E-state index in [0.717, 1.165) is 24.8 Å². The van der Waals surface area contributed by atoms with Gasteiger partial charge in [-0.2, -0.15) is 0 Å². The third-order valence-electron chi connectivity index (χ3n) is 5.43. The number of epoxide rings is 1. The van der Waals surface area contributed by atoms with Gasteiger partial charge in [-0.05, 0) is 64.0 Å². The van der Waals surface area contributed by atoms with Gasteiger partial charge in [0, 0.05) is 6.92 Å². The summed E-state index contributed by atoms with van der Waals surface area (Å²) in [6.45, 7) is 11.6. The zero-order valence-corrected chi connectivity index (χ0v) is 17.0. The van der Waals surface area contributed by atoms with Gasteiger partial charge >= 0.3 is 5.97 Å². The summed E-state index contributed by atoms with van der Waals surface area (Å²) in [7, 11) is 0. The molecule has 1 aliphatic carbocycles. The first kappa shape index (κ1) is 20.9. The van der Waals surface area contributed by atoms with Crippen LogP contribution in [0.1, 0.15) is 67.2 Å². The highest BCUT2D eigenvalue weighted by Gasteiger charge is 2.58. The molecule has 0 aromatic rings. The van der Waals surface area contributed by atoms with Gasteiger partial charge < -0.3 is 14.6 Å². The number of ether oxygens (including phenoxy) is 2. The van der Waals surface area contributed by atoms with Crippen molar-refractivity contribution in [3.63, 3.8) is 0 Å². The molecule has 0 amide bonds. The van der Waals surface area contributed by atoms with Gasteiger partial charge in [-0.15, -0.1) is 0 Å². The molecule has 0 saturated carbocycles. The van der Waals surface area contributed by atoms with Crippen molar-refractivity contribution in [2.24, 2.45) is 5.92 Å². The average Bonchev–Trinajstić information content (AvgIpc) is 3.18. The maximum atomic E-state index is 11.7. The number of fused-ring (bicyclic) bond motifs is 1. The van der Waals surface area contributed by atoms with E-state index >= 15 is 0 Å². The van der Waals surface area contributed by atoms with Crippen molar-refractivity contribution < 1.29 is 19.4 Å². The van der Waals surface area contributed by atoms with Gasteiger partial charge in [0.1, 0.15) is 5.60 Å². The van der Waals surface area contributed by atoms with Gasteiger partial charge in [0.15, 0.2) is 6.10 Å². The third-order valence-corrected chi connectivity index (χ3v) is 5.43. The van der Waals surface area contributed by atoms with E-state index in [1.165, 1.54) is 12.5 Å². The number of aliphatic hydroxyl groups is 1. The van der Waals surface area contributed by atoms with Gasteiger partial charge in [0.25, 0.3) is 0 Å². The molecule has 1 heterocycles. The van der Waals surface area contributed by atoms with Crippen LogP contribution in [0.5, 0.6) is 0 Å². The number of carbonyl (C=O) groups is 1. The van der Waals surface area contributed by atoms with E-state index in [-0.39, 0.29) is 18.0 Å². The quantitative estimate of drug-likeness (QED) is 0.447. The lowest BCUT2D eigenvalue weighted by atomic mass is 9.90. The molecule has 1 N–H and O–H groups in total. The molecule has 0 spiro atoms. The summed E-state index contributed by atoms with van der Waals surface area (Å²) in [6, 6.07) is 0. The van der Waals surface area contributed by atoms with Gasteiger partial charge in [-0.1, -0.05) is 37.6 Å². The average molecular weight is 363 g/mol. The van der Waals surface area contributed by atoms with Gasteiger partial charge in [0.2, 0.25) is 0 Å². The lowest BCUT2D eigenvalue weighted by Crippen LogP contribution is -2.32. The minimum atomic E-state index is -0.867. The van der Waals surface area contributed by atoms with Crippen LogP contribution >= 0.6 is 0 Å². The molecule has 4 nitrogen and oxygen atoms in total. The molecule has 4 atom stereocenters. The van der Waals surface area contributed by atoms with Crippen molar-refractivity contribution in [1.29, 1.82) is 0 Å². The number of hydrogen-bond donors (Lipinski definition) is 1. The highest BCUT2D eigenvalue weighted by molar-refractivity contribution is 5.66. The molecule has 2 rings (SSSR count). The van der Waals surface area contributed by atoms with Crippen molar-refractivity contribution in [2.45, 2.75) is 90.6 Å². The van der Waals surface area contributed by atoms with Crippen molar-refractivity contribution in [1.82, 2.24) is 0 Å². The second kappa shape index (κ2) is 8.10. The van der Waals surface area contributed by atoms with E-state index in [1.54, 1.807) is 0 Å². The Kier molecular flexibility index (Phi) is 6.51. The molecule has 0 bridgehead atoms. The fourth-order valence-corrected chi connectivity index (χ4v) is 3.41. The molecule has 0 aromatic carbocycles. The Morgan fingerprint density at radius 1 is 1.38 bits per heavy atom. The lowest BCUT2D eigenvalue weighted by Gasteiger charge is -2.22. The predicted octanol–water partition coefficient (Wildman–Crippen LogP) is 4.49. The Balaban J connectivity index is 2.38. The molecule has 0 unspecified atom stereocenters. The summed E-state index contributed by atoms with van der Waals surface area (Å²) < 4.78 is 11.6. The van der Waals surface area contributed by atoms with Crippen LogP contribution in [0.25, 0.3) is 0 Å². The number of carbonyl (C=O) groups excluding carboxylic acids is 1. The zero-order chi connectivity index (χ0) is 19.5. The fraction of sp³-hybridized carbons (Fsp3) is 0.682. The SMILES string of the molecule is CC(=O)O[C@@H]1/C=C(C(C)C)\C=C\[C@](C)(O)CC/C=C(\C)CC[C@H]2O[C@]12C. The highest BCUT2D eigenvalue weighted by atomic mass is 16.6. The van der Waals surface area contributed by atoms with E-state index in [2.05, 4.69) is 26.8 Å². The fourth-order valence-electron chi connectivity index (χ4n) is 3.41. The van der Waals surface area contributed by atoms with Crippen molar-refractivity contribution in [2.75, 3.05) is 0 Å². The molecule has 26 heavy (non-hydrogen) atoms. The summed E-state index contributed by atoms with van der Waals surface area (Å²) in [4.78, 5) is 11.7. The molecular weight excluding hydrogens is 328 g/mol. The molecule has 0 radical (unpaired) electrons. The number of rotatable bonds is 2. The van der Waals surface area contributed by atoms with Crippen LogP contribution in [0.2, 0.25) is 0 Å². The Morgan fingerprint density at radius 2 is 2.08 bits per heavy atom. The number of allylic oxidation sites excluding steroid dienone is 4. The largest absolute Gasteiger partial charge is 0.455 e. The minimum Gasteiger partial charge on any atom is -0.455 e. The Bertz CT molecular complexity index is 612. The molecule has 146 valence electrons. The lowest BCUT2D eigenvalue weighted by molar-refractivity contribution is -0.146. The van der Waals surface area contributed by atoms with Crippen LogP contribution in [0.15, 0.2) is 35.5 Å². The van der Waals surface area contributed by atoms with E-state index in [4.69, 9.17) is 9.47 Å². The smallest absolute Gasteiger partial charge is 0.303 e. The molecule has 1 aliphatic heterocycles. The first-order valence-corrected chi connectivity index (χ1v) is 9.67. The van der Waals surface area contributed by atoms with Crippen molar-refractivity contribution in [3.8, 4) is 0 Å². The van der Waals surface area contributed by atoms with E-state index in [1.807, 2.05) is 32.1 Å². The second-order valence-corrected chi connectivity index (χ2v) is 8.46. The van der Waals surface area contributed by atoms with E-state index in [0.29, 0.717) is 6.42 Å². The third kappa shape index (κ3) is 5.55. The molecule has 1 fully saturated rings. The van der Waals surface area contributed by atoms with Gasteiger partial charge in [-0.3, -0.25) is 4.79 Å². The van der Waals surface area contributed by atoms with E-state index < -0.39 is 17.3 Å². The van der Waals surface area contributed by atoms with E-state index in [9.17, 15) is 9.90 Å². The minimum absolute atomic E-state index is 0.0925. The van der Waals surface area contributed by atoms with Gasteiger partial charge in [-0.25, -0.2) is 0 Å². The molecule has 2 aliphatic rings. The summed E-state index contributed by atoms with van der Waals surface area (Å²) in [5.41, 5.74) is 0.999. The standard InChI is InChI=1S/C22H34O4/c1-15(2)18-11-13-21(5,24)12-7-8-16(3)9-10-19-22(6,26-19)20(14-18)25-17(4)23/h8,11,13-15,19-20,24H,7,9-10,12H2,1-6H3/b13-11+,16-8+,18-14+/t19-,20-,21-,22+/m1/s1. The Hall–Kier alpha value is -1.39. The first-order chi connectivity index (χ1) is 12.0. The maximum absolute atomic E-state index is 11.7. The molecule has 0 aromatic heterocycles. The van der Waals surface area contributed by atoms with Crippen LogP contribution in [0.4, 0.5) is 0 Å². The summed E-state index contributed by atoms with van der Waals surface area (Å²) in [5, 5.41) is 10.6. The van der Waals surface area contributed by atoms with Gasteiger partial charge in [0.05, 0.1) is 11.7 Å². The van der Waals surface area contributed by atoms with Crippen LogP contribution in [0.3, 0.4) is 0 Å². The van der Waals surface area contributed by atoms with Crippen LogP contribution in [-0.2, 0) is 14.3 Å². The Morgan fingerprint density at radius 3 is 2.69 bits per heavy atom. The number of hydrogen-bond acceptors (Lipinski definition) is 4. The van der Waals surface area contributed by atoms with Crippen LogP contribution in [0, 0.1) is 5.92 Å². The summed E-state index contributed by atoms with van der Waals surface area (Å²) in [5.74, 6) is -0.0612. The first-order valence-electron chi connectivity index (χ1n) is 9.67. The maximum Gasteiger partial charge on any atom is 0.303 e. The highest BCUT2D eigenvalue weighted by Crippen LogP contribution is 2.45. The Labute approximate surface area is 158 Å². The summed E-state index contributed by atoms with van der Waals surface area (Å²) in [6.07, 6.45) is 11.1. The summed E-state index contributed by atoms with van der Waals surface area (Å²) >= 11 is 0. The van der Waals surface area contributed by atoms with Crippen LogP contribution in [-0.4, -0.2) is 34.5 Å². The molecule has 4 heteroatoms. The zero-order valence-electron chi connectivity index (χ0n) is 17.0. The van der Waals surface area contributed by atoms with Crippen molar-refractivity contribution >= 4 is 5.97 Å².